The van der Waals surface area contributed by atoms with Crippen molar-refractivity contribution < 1.29 is 151 Å². The molecular weight excluding hydrogens is 461 g/mol. The smallest absolute Gasteiger partial charge is 1.00 e. The van der Waals surface area contributed by atoms with Crippen LogP contribution in [0, 0.1) is 0 Å². The van der Waals surface area contributed by atoms with Crippen LogP contribution in [0.25, 0.3) is 0 Å². The summed E-state index contributed by atoms with van der Waals surface area (Å²) in [4.78, 5) is 10.9. The third kappa shape index (κ3) is 5.20. The van der Waals surface area contributed by atoms with Gasteiger partial charge in [0.25, 0.3) is 0 Å². The number of aliphatic hydroxyl groups excluding tert-OH is 2. The Balaban J connectivity index is 0. The van der Waals surface area contributed by atoms with E-state index in [4.69, 9.17) is 21.1 Å². The van der Waals surface area contributed by atoms with Crippen LogP contribution in [-0.4, -0.2) is 80.5 Å². The zero-order valence-corrected chi connectivity index (χ0v) is 20.9. The molecule has 2 heterocycles. The van der Waals surface area contributed by atoms with Crippen LogP contribution in [0.4, 0.5) is 0 Å². The monoisotopic (exact) mass is 467 g/mol. The van der Waals surface area contributed by atoms with E-state index >= 15 is 0 Å². The van der Waals surface area contributed by atoms with Gasteiger partial charge in [-0.05, 0) is 0 Å². The van der Waals surface area contributed by atoms with Crippen molar-refractivity contribution in [1.29, 1.82) is 0 Å². The van der Waals surface area contributed by atoms with Crippen molar-refractivity contribution >= 4 is 51.5 Å². The predicted molar refractivity (Wildman–Crippen MR) is 38.3 cm³/mol. The van der Waals surface area contributed by atoms with Crippen LogP contribution in [0.2, 0.25) is 0 Å². The van der Waals surface area contributed by atoms with E-state index in [-0.39, 0.29) is 161 Å². The zero-order valence-electron chi connectivity index (χ0n) is 8.97. The number of fused-ring (bicyclic) bond motifs is 1. The van der Waals surface area contributed by atoms with Crippen molar-refractivity contribution in [1.82, 2.24) is 0 Å². The van der Waals surface area contributed by atoms with E-state index in [1.54, 1.807) is 0 Å². The molecule has 0 aromatic rings. The Morgan fingerprint density at radius 1 is 1.38 bits per heavy atom. The summed E-state index contributed by atoms with van der Waals surface area (Å²) in [7, 11) is 0. The quantitative estimate of drug-likeness (QED) is 0.227. The summed E-state index contributed by atoms with van der Waals surface area (Å²) in [6, 6.07) is 0. The number of ether oxygens (including phenoxy) is 1. The average molecular weight is 467 g/mol. The summed E-state index contributed by atoms with van der Waals surface area (Å²) < 4.78 is 14.8. The molecule has 2 aliphatic rings. The first-order chi connectivity index (χ1) is 6.24. The minimum absolute atomic E-state index is 0. The number of esters is 1. The summed E-state index contributed by atoms with van der Waals surface area (Å²) in [5.74, 6) is -1.23. The van der Waals surface area contributed by atoms with E-state index < -0.39 is 46.0 Å². The van der Waals surface area contributed by atoms with Crippen LogP contribution in [-0.2, 0) is 15.7 Å². The zero-order chi connectivity index (χ0) is 9.42. The topological polar surface area (TPSA) is 85.2 Å². The first-order valence-corrected chi connectivity index (χ1v) is 5.22. The summed E-state index contributed by atoms with van der Waals surface area (Å²) in [5, 5.41) is 18.0. The van der Waals surface area contributed by atoms with Gasteiger partial charge in [0.1, 0.15) is 0 Å². The number of aliphatic hydroxyl groups is 2. The first kappa shape index (κ1) is 22.5. The Hall–Kier alpha value is 4.21. The van der Waals surface area contributed by atoms with E-state index in [1.807, 2.05) is 0 Å². The van der Waals surface area contributed by atoms with Crippen molar-refractivity contribution in [2.75, 3.05) is 6.61 Å². The molecule has 74 valence electrons. The molecule has 2 unspecified atom stereocenters. The van der Waals surface area contributed by atoms with E-state index in [2.05, 4.69) is 0 Å². The van der Waals surface area contributed by atoms with Gasteiger partial charge in [-0.15, -0.1) is 0 Å². The standard InChI is InChI=1S/C6H6IO6.2K.Sr/c8-1-2-4-5(13-7-12-2)3(9)6(10)11-4;;;/h2,4,8-9H,1H2;;;/q-1;2*+1;+2. The van der Waals surface area contributed by atoms with Gasteiger partial charge in [-0.3, -0.25) is 0 Å². The summed E-state index contributed by atoms with van der Waals surface area (Å²) in [6.45, 7) is -0.266. The summed E-state index contributed by atoms with van der Waals surface area (Å²) in [6.07, 6.45) is -1.39. The van der Waals surface area contributed by atoms with Gasteiger partial charge < -0.3 is 0 Å². The molecule has 1 fully saturated rings. The largest absolute Gasteiger partial charge is 2.00 e. The third-order valence-electron chi connectivity index (χ3n) is 1.70. The molecule has 0 spiro atoms. The fourth-order valence-electron chi connectivity index (χ4n) is 1.05. The van der Waals surface area contributed by atoms with E-state index in [0.29, 0.717) is 0 Å². The molecule has 2 aliphatic heterocycles. The van der Waals surface area contributed by atoms with Crippen LogP contribution >= 0.6 is 0 Å². The van der Waals surface area contributed by atoms with Crippen molar-refractivity contribution in [3.63, 3.8) is 0 Å². The molecule has 2 rings (SSSR count). The van der Waals surface area contributed by atoms with Gasteiger partial charge >= 0.3 is 232 Å². The third-order valence-corrected chi connectivity index (χ3v) is 3.22. The maximum Gasteiger partial charge on any atom is 2.00 e. The van der Waals surface area contributed by atoms with Gasteiger partial charge in [0.05, 0.1) is 0 Å². The minimum Gasteiger partial charge on any atom is 1.00 e. The van der Waals surface area contributed by atoms with Crippen LogP contribution < -0.4 is 125 Å². The van der Waals surface area contributed by atoms with Crippen LogP contribution in [0.15, 0.2) is 11.5 Å². The summed E-state index contributed by atoms with van der Waals surface area (Å²) in [5.41, 5.74) is 0. The Morgan fingerprint density at radius 2 is 2.00 bits per heavy atom. The molecule has 1 saturated heterocycles. The molecule has 16 heavy (non-hydrogen) atoms. The van der Waals surface area contributed by atoms with Gasteiger partial charge in [-0.1, -0.05) is 0 Å². The Kier molecular flexibility index (Phi) is 15.3. The van der Waals surface area contributed by atoms with E-state index in [1.165, 1.54) is 0 Å². The number of halogens is 1. The summed E-state index contributed by atoms with van der Waals surface area (Å²) >= 11 is -1.02. The molecule has 0 aromatic carbocycles. The van der Waals surface area contributed by atoms with Crippen molar-refractivity contribution in [2.45, 2.75) is 12.2 Å². The number of carbonyl (C=O) groups excluding carboxylic acids is 1. The van der Waals surface area contributed by atoms with Crippen LogP contribution in [0.3, 0.4) is 0 Å². The molecule has 0 aromatic heterocycles. The normalized spacial score (nSPS) is 26.9. The first-order valence-electron chi connectivity index (χ1n) is 3.46. The minimum atomic E-state index is -1.02. The molecule has 6 nitrogen and oxygen atoms in total. The van der Waals surface area contributed by atoms with Crippen LogP contribution in [0.5, 0.6) is 0 Å². The van der Waals surface area contributed by atoms with Crippen molar-refractivity contribution in [2.24, 2.45) is 0 Å². The Morgan fingerprint density at radius 3 is 2.56 bits per heavy atom. The Bertz CT molecular complexity index is 288. The van der Waals surface area contributed by atoms with E-state index in [0.717, 1.165) is 0 Å². The van der Waals surface area contributed by atoms with Gasteiger partial charge in [-0.2, -0.15) is 0 Å². The van der Waals surface area contributed by atoms with Gasteiger partial charge in [0.2, 0.25) is 0 Å². The van der Waals surface area contributed by atoms with Crippen molar-refractivity contribution in [3.05, 3.63) is 11.5 Å². The maximum atomic E-state index is 10.9. The SMILES string of the molecule is O=C1OC2C(=C1O)O[I-]OC2CO.[K+].[K+].[Sr+2]. The second kappa shape index (κ2) is 10.9. The number of hydrogen-bond donors (Lipinski definition) is 2. The average Bonchev–Trinajstić information content (AvgIpc) is 2.43. The van der Waals surface area contributed by atoms with E-state index in [9.17, 15) is 4.79 Å². The second-order valence-corrected chi connectivity index (χ2v) is 3.80. The Labute approximate surface area is 226 Å². The molecule has 0 aliphatic carbocycles. The fraction of sp³-hybridized carbons (Fsp3) is 0.500. The van der Waals surface area contributed by atoms with Crippen LogP contribution in [0.1, 0.15) is 0 Å². The fourth-order valence-corrected chi connectivity index (χ4v) is 2.51. The molecule has 0 amide bonds. The van der Waals surface area contributed by atoms with Gasteiger partial charge in [-0.25, -0.2) is 0 Å². The maximum absolute atomic E-state index is 10.9. The molecule has 2 atom stereocenters. The second-order valence-electron chi connectivity index (χ2n) is 2.49. The predicted octanol–water partition coefficient (Wildman–Crippen LogP) is -10.4. The number of hydrogen-bond acceptors (Lipinski definition) is 6. The molecule has 0 radical (unpaired) electrons. The molecule has 2 N–H and O–H groups in total. The van der Waals surface area contributed by atoms with Gasteiger partial charge in [0.15, 0.2) is 0 Å². The molecule has 0 saturated carbocycles. The molecule has 10 heteroatoms. The van der Waals surface area contributed by atoms with Gasteiger partial charge in [0, 0.05) is 0 Å². The van der Waals surface area contributed by atoms with Crippen molar-refractivity contribution in [3.8, 4) is 0 Å². The number of carbonyl (C=O) groups is 1. The molecule has 0 bridgehead atoms. The number of rotatable bonds is 1. The molecular formula is C6H6IK2O6Sr+3.